The molecular formula is C18H22ClF2N3O3S. The highest BCUT2D eigenvalue weighted by molar-refractivity contribution is 7.92. The molecule has 1 atom stereocenters. The van der Waals surface area contributed by atoms with Gasteiger partial charge in [0.2, 0.25) is 5.91 Å². The predicted octanol–water partition coefficient (Wildman–Crippen LogP) is 3.50. The van der Waals surface area contributed by atoms with Crippen LogP contribution in [0.2, 0.25) is 0 Å². The second kappa shape index (κ2) is 9.81. The molecule has 1 amide bonds. The Morgan fingerprint density at radius 1 is 1.11 bits per heavy atom. The molecule has 0 saturated carbocycles. The highest BCUT2D eigenvalue weighted by Gasteiger charge is 2.18. The number of hydrogen-bond acceptors (Lipinski definition) is 4. The summed E-state index contributed by atoms with van der Waals surface area (Å²) in [6.45, 7) is 3.90. The Morgan fingerprint density at radius 3 is 2.25 bits per heavy atom. The summed E-state index contributed by atoms with van der Waals surface area (Å²) in [4.78, 5) is 11.9. The number of benzene rings is 2. The van der Waals surface area contributed by atoms with Crippen LogP contribution in [0.5, 0.6) is 0 Å². The largest absolute Gasteiger partial charge is 0.325 e. The molecule has 2 rings (SSSR count). The van der Waals surface area contributed by atoms with Crippen LogP contribution in [0.25, 0.3) is 0 Å². The Morgan fingerprint density at radius 2 is 1.71 bits per heavy atom. The topological polar surface area (TPSA) is 101 Å². The molecule has 6 nitrogen and oxygen atoms in total. The summed E-state index contributed by atoms with van der Waals surface area (Å²) in [6.07, 6.45) is 0.519. The van der Waals surface area contributed by atoms with E-state index in [1.54, 1.807) is 0 Å². The van der Waals surface area contributed by atoms with Crippen molar-refractivity contribution in [3.05, 3.63) is 54.1 Å². The van der Waals surface area contributed by atoms with Gasteiger partial charge in [-0.1, -0.05) is 13.8 Å². The van der Waals surface area contributed by atoms with Crippen LogP contribution >= 0.6 is 12.4 Å². The molecule has 2 aromatic rings. The van der Waals surface area contributed by atoms with E-state index in [0.29, 0.717) is 18.2 Å². The van der Waals surface area contributed by atoms with E-state index in [2.05, 4.69) is 10.0 Å². The van der Waals surface area contributed by atoms with Crippen molar-refractivity contribution < 1.29 is 22.0 Å². The lowest BCUT2D eigenvalue weighted by atomic mass is 10.0. The molecule has 0 spiro atoms. The Bertz CT molecular complexity index is 922. The fourth-order valence-corrected chi connectivity index (χ4v) is 3.41. The Labute approximate surface area is 169 Å². The Balaban J connectivity index is 0.00000392. The first kappa shape index (κ1) is 23.8. The summed E-state index contributed by atoms with van der Waals surface area (Å²) in [6, 6.07) is 7.16. The van der Waals surface area contributed by atoms with Gasteiger partial charge >= 0.3 is 0 Å². The molecule has 0 radical (unpaired) electrons. The highest BCUT2D eigenvalue weighted by atomic mass is 35.5. The van der Waals surface area contributed by atoms with Crippen LogP contribution < -0.4 is 15.8 Å². The lowest BCUT2D eigenvalue weighted by Gasteiger charge is -2.14. The van der Waals surface area contributed by atoms with Crippen LogP contribution in [0.15, 0.2) is 47.4 Å². The van der Waals surface area contributed by atoms with Crippen molar-refractivity contribution in [3.63, 3.8) is 0 Å². The zero-order valence-corrected chi connectivity index (χ0v) is 16.9. The number of anilines is 2. The number of nitrogens with one attached hydrogen (secondary N) is 2. The standard InChI is InChI=1S/C18H21F2N3O3S.ClH/c1-11(2)9-16(21)18(24)22-13-4-6-14(7-5-13)27(25,26)23-17-8-3-12(19)10-15(17)20;/h3-8,10-11,16,23H,9,21H2,1-2H3,(H,22,24);1H/t16-;/m0./s1. The van der Waals surface area contributed by atoms with Gasteiger partial charge in [0.05, 0.1) is 16.6 Å². The average Bonchev–Trinajstić information content (AvgIpc) is 2.57. The van der Waals surface area contributed by atoms with Crippen LogP contribution in [0.1, 0.15) is 20.3 Å². The molecule has 2 aromatic carbocycles. The summed E-state index contributed by atoms with van der Waals surface area (Å²) >= 11 is 0. The Kier molecular flexibility index (Phi) is 8.34. The third kappa shape index (κ3) is 6.43. The molecule has 154 valence electrons. The van der Waals surface area contributed by atoms with E-state index in [1.165, 1.54) is 24.3 Å². The van der Waals surface area contributed by atoms with E-state index >= 15 is 0 Å². The molecule has 0 bridgehead atoms. The summed E-state index contributed by atoms with van der Waals surface area (Å²) < 4.78 is 53.3. The van der Waals surface area contributed by atoms with E-state index in [1.807, 2.05) is 13.8 Å². The molecule has 0 unspecified atom stereocenters. The number of halogens is 3. The number of amides is 1. The molecule has 0 aliphatic carbocycles. The minimum Gasteiger partial charge on any atom is -0.325 e. The lowest BCUT2D eigenvalue weighted by Crippen LogP contribution is -2.36. The van der Waals surface area contributed by atoms with Crippen molar-refractivity contribution >= 4 is 39.7 Å². The number of rotatable bonds is 7. The summed E-state index contributed by atoms with van der Waals surface area (Å²) in [5.41, 5.74) is 5.81. The summed E-state index contributed by atoms with van der Waals surface area (Å²) in [7, 11) is -4.08. The van der Waals surface area contributed by atoms with Crippen molar-refractivity contribution in [3.8, 4) is 0 Å². The minimum atomic E-state index is -4.08. The first-order valence-electron chi connectivity index (χ1n) is 8.23. The fourth-order valence-electron chi connectivity index (χ4n) is 2.34. The average molecular weight is 434 g/mol. The van der Waals surface area contributed by atoms with Gasteiger partial charge in [-0.3, -0.25) is 9.52 Å². The van der Waals surface area contributed by atoms with Crippen molar-refractivity contribution in [1.29, 1.82) is 0 Å². The smallest absolute Gasteiger partial charge is 0.261 e. The van der Waals surface area contributed by atoms with Crippen molar-refractivity contribution in [2.45, 2.75) is 31.2 Å². The normalized spacial score (nSPS) is 12.2. The van der Waals surface area contributed by atoms with Crippen molar-refractivity contribution in [1.82, 2.24) is 0 Å². The molecule has 0 fully saturated rings. The maximum absolute atomic E-state index is 13.6. The number of carbonyl (C=O) groups is 1. The maximum Gasteiger partial charge on any atom is 0.261 e. The van der Waals surface area contributed by atoms with Gasteiger partial charge < -0.3 is 11.1 Å². The van der Waals surface area contributed by atoms with Crippen LogP contribution in [0.4, 0.5) is 20.2 Å². The third-order valence-electron chi connectivity index (χ3n) is 3.67. The number of nitrogens with two attached hydrogens (primary N) is 1. The van der Waals surface area contributed by atoms with E-state index in [9.17, 15) is 22.0 Å². The van der Waals surface area contributed by atoms with Crippen LogP contribution in [0, 0.1) is 17.6 Å². The first-order valence-corrected chi connectivity index (χ1v) is 9.71. The van der Waals surface area contributed by atoms with Gasteiger partial charge in [-0.25, -0.2) is 17.2 Å². The van der Waals surface area contributed by atoms with Gasteiger partial charge in [0.1, 0.15) is 11.6 Å². The van der Waals surface area contributed by atoms with Gasteiger partial charge in [-0.2, -0.15) is 0 Å². The van der Waals surface area contributed by atoms with E-state index in [4.69, 9.17) is 5.73 Å². The lowest BCUT2D eigenvalue weighted by molar-refractivity contribution is -0.117. The number of hydrogen-bond donors (Lipinski definition) is 3. The Hall–Kier alpha value is -2.23. The molecular weight excluding hydrogens is 412 g/mol. The molecule has 0 saturated heterocycles. The number of sulfonamides is 1. The van der Waals surface area contributed by atoms with E-state index < -0.39 is 27.7 Å². The number of carbonyl (C=O) groups excluding carboxylic acids is 1. The molecule has 4 N–H and O–H groups in total. The maximum atomic E-state index is 13.6. The van der Waals surface area contributed by atoms with E-state index in [-0.39, 0.29) is 34.8 Å². The molecule has 0 aliphatic heterocycles. The molecule has 10 heteroatoms. The molecule has 0 heterocycles. The zero-order chi connectivity index (χ0) is 20.2. The summed E-state index contributed by atoms with van der Waals surface area (Å²) in [5.74, 6) is -1.95. The highest BCUT2D eigenvalue weighted by Crippen LogP contribution is 2.21. The molecule has 0 aliphatic rings. The van der Waals surface area contributed by atoms with Crippen molar-refractivity contribution in [2.75, 3.05) is 10.0 Å². The quantitative estimate of drug-likeness (QED) is 0.622. The zero-order valence-electron chi connectivity index (χ0n) is 15.3. The van der Waals surface area contributed by atoms with Crippen LogP contribution in [0.3, 0.4) is 0 Å². The first-order chi connectivity index (χ1) is 12.6. The van der Waals surface area contributed by atoms with Gasteiger partial charge in [0.15, 0.2) is 0 Å². The minimum absolute atomic E-state index is 0. The van der Waals surface area contributed by atoms with Gasteiger partial charge in [-0.05, 0) is 48.7 Å². The summed E-state index contributed by atoms with van der Waals surface area (Å²) in [5, 5.41) is 2.61. The van der Waals surface area contributed by atoms with Crippen LogP contribution in [-0.4, -0.2) is 20.4 Å². The monoisotopic (exact) mass is 433 g/mol. The second-order valence-corrected chi connectivity index (χ2v) is 8.16. The fraction of sp³-hybridized carbons (Fsp3) is 0.278. The SMILES string of the molecule is CC(C)C[C@H](N)C(=O)Nc1ccc(S(=O)(=O)Nc2ccc(F)cc2F)cc1.Cl. The van der Waals surface area contributed by atoms with Gasteiger partial charge in [0, 0.05) is 11.8 Å². The predicted molar refractivity (Wildman–Crippen MR) is 107 cm³/mol. The van der Waals surface area contributed by atoms with E-state index in [0.717, 1.165) is 12.1 Å². The molecule has 28 heavy (non-hydrogen) atoms. The van der Waals surface area contributed by atoms with Crippen molar-refractivity contribution in [2.24, 2.45) is 11.7 Å². The van der Waals surface area contributed by atoms with Gasteiger partial charge in [-0.15, -0.1) is 12.4 Å². The third-order valence-corrected chi connectivity index (χ3v) is 5.05. The second-order valence-electron chi connectivity index (χ2n) is 6.48. The van der Waals surface area contributed by atoms with Crippen LogP contribution in [-0.2, 0) is 14.8 Å². The molecule has 0 aromatic heterocycles. The van der Waals surface area contributed by atoms with Gasteiger partial charge in [0.25, 0.3) is 10.0 Å².